The zero-order chi connectivity index (χ0) is 15.0. The van der Waals surface area contributed by atoms with Crippen molar-refractivity contribution < 1.29 is 9.53 Å². The van der Waals surface area contributed by atoms with E-state index in [9.17, 15) is 4.79 Å². The molecule has 0 unspecified atom stereocenters. The van der Waals surface area contributed by atoms with Crippen molar-refractivity contribution in [2.24, 2.45) is 0 Å². The molecule has 1 heterocycles. The highest BCUT2D eigenvalue weighted by molar-refractivity contribution is 7.18. The Morgan fingerprint density at radius 2 is 2.20 bits per heavy atom. The van der Waals surface area contributed by atoms with Crippen LogP contribution in [0.25, 0.3) is 0 Å². The van der Waals surface area contributed by atoms with Crippen molar-refractivity contribution in [1.29, 1.82) is 0 Å². The molecule has 4 N–H and O–H groups in total. The smallest absolute Gasteiger partial charge is 0.265 e. The van der Waals surface area contributed by atoms with Crippen LogP contribution in [0.2, 0.25) is 0 Å². The number of anilines is 2. The van der Waals surface area contributed by atoms with Gasteiger partial charge >= 0.3 is 0 Å². The Morgan fingerprint density at radius 3 is 2.85 bits per heavy atom. The van der Waals surface area contributed by atoms with Crippen LogP contribution >= 0.6 is 11.3 Å². The molecule has 0 radical (unpaired) electrons. The summed E-state index contributed by atoms with van der Waals surface area (Å²) in [6.45, 7) is 8.09. The van der Waals surface area contributed by atoms with Gasteiger partial charge in [-0.25, -0.2) is 4.98 Å². The second-order valence-electron chi connectivity index (χ2n) is 4.65. The van der Waals surface area contributed by atoms with Gasteiger partial charge in [0.25, 0.3) is 5.91 Å². The van der Waals surface area contributed by atoms with Gasteiger partial charge < -0.3 is 21.1 Å². The molecule has 0 aromatic carbocycles. The van der Waals surface area contributed by atoms with E-state index in [1.54, 1.807) is 0 Å². The third kappa shape index (κ3) is 5.75. The first kappa shape index (κ1) is 16.7. The number of nitrogens with one attached hydrogen (secondary N) is 2. The molecular formula is C13H24N4O2S. The standard InChI is InChI=1S/C13H24N4O2S/c1-4-15-13-17-11(14)10(20-13)12(18)16-7-5-6-8-19-9(2)3/h9H,4-8,14H2,1-3H3,(H,15,17)(H,16,18). The minimum atomic E-state index is -0.158. The van der Waals surface area contributed by atoms with Crippen molar-refractivity contribution >= 4 is 28.2 Å². The Morgan fingerprint density at radius 1 is 1.45 bits per heavy atom. The van der Waals surface area contributed by atoms with Crippen LogP contribution in [0.15, 0.2) is 0 Å². The van der Waals surface area contributed by atoms with Crippen LogP contribution in [0, 0.1) is 0 Å². The molecule has 1 rings (SSSR count). The van der Waals surface area contributed by atoms with Crippen LogP contribution in [0.3, 0.4) is 0 Å². The Labute approximate surface area is 124 Å². The van der Waals surface area contributed by atoms with Crippen molar-refractivity contribution in [1.82, 2.24) is 10.3 Å². The summed E-state index contributed by atoms with van der Waals surface area (Å²) in [6, 6.07) is 0. The number of amides is 1. The maximum absolute atomic E-state index is 11.9. The number of nitrogens with two attached hydrogens (primary N) is 1. The fourth-order valence-corrected chi connectivity index (χ4v) is 2.42. The minimum absolute atomic E-state index is 0.158. The Kier molecular flexibility index (Phi) is 7.32. The summed E-state index contributed by atoms with van der Waals surface area (Å²) in [5.41, 5.74) is 5.74. The zero-order valence-electron chi connectivity index (χ0n) is 12.4. The number of aromatic nitrogens is 1. The highest BCUT2D eigenvalue weighted by atomic mass is 32.1. The first-order valence-electron chi connectivity index (χ1n) is 6.94. The number of ether oxygens (including phenoxy) is 1. The predicted molar refractivity (Wildman–Crippen MR) is 83.3 cm³/mol. The van der Waals surface area contributed by atoms with Gasteiger partial charge in [-0.15, -0.1) is 0 Å². The van der Waals surface area contributed by atoms with Crippen LogP contribution in [-0.4, -0.2) is 36.7 Å². The summed E-state index contributed by atoms with van der Waals surface area (Å²) in [4.78, 5) is 16.5. The normalized spacial score (nSPS) is 10.8. The third-order valence-corrected chi connectivity index (χ3v) is 3.52. The first-order valence-corrected chi connectivity index (χ1v) is 7.76. The molecule has 0 aliphatic carbocycles. The van der Waals surface area contributed by atoms with Gasteiger partial charge in [-0.3, -0.25) is 4.79 Å². The molecule has 1 aromatic rings. The van der Waals surface area contributed by atoms with Gasteiger partial charge in [0.1, 0.15) is 10.7 Å². The maximum Gasteiger partial charge on any atom is 0.265 e. The average Bonchev–Trinajstić information content (AvgIpc) is 2.74. The molecule has 0 atom stereocenters. The van der Waals surface area contributed by atoms with E-state index in [1.807, 2.05) is 20.8 Å². The van der Waals surface area contributed by atoms with Gasteiger partial charge in [-0.2, -0.15) is 0 Å². The van der Waals surface area contributed by atoms with Crippen LogP contribution in [0.4, 0.5) is 10.9 Å². The van der Waals surface area contributed by atoms with Gasteiger partial charge in [0.15, 0.2) is 5.13 Å². The first-order chi connectivity index (χ1) is 9.54. The molecule has 6 nitrogen and oxygen atoms in total. The maximum atomic E-state index is 11.9. The van der Waals surface area contributed by atoms with Gasteiger partial charge in [0.2, 0.25) is 0 Å². The minimum Gasteiger partial charge on any atom is -0.382 e. The molecule has 114 valence electrons. The number of unbranched alkanes of at least 4 members (excludes halogenated alkanes) is 1. The molecule has 0 bridgehead atoms. The van der Waals surface area contributed by atoms with Crippen molar-refractivity contribution in [2.45, 2.75) is 39.7 Å². The van der Waals surface area contributed by atoms with Crippen molar-refractivity contribution in [3.8, 4) is 0 Å². The number of nitrogen functional groups attached to an aromatic ring is 1. The summed E-state index contributed by atoms with van der Waals surface area (Å²) in [5.74, 6) is 0.125. The fraction of sp³-hybridized carbons (Fsp3) is 0.692. The van der Waals surface area contributed by atoms with Gasteiger partial charge in [0, 0.05) is 19.7 Å². The molecule has 0 spiro atoms. The fourth-order valence-electron chi connectivity index (χ4n) is 1.55. The van der Waals surface area contributed by atoms with Gasteiger partial charge in [-0.1, -0.05) is 11.3 Å². The molecule has 20 heavy (non-hydrogen) atoms. The number of carbonyl (C=O) groups is 1. The molecule has 1 aromatic heterocycles. The largest absolute Gasteiger partial charge is 0.382 e. The Balaban J connectivity index is 2.28. The van der Waals surface area contributed by atoms with Crippen molar-refractivity contribution in [3.05, 3.63) is 4.88 Å². The second kappa shape index (κ2) is 8.76. The SMILES string of the molecule is CCNc1nc(N)c(C(=O)NCCCCOC(C)C)s1. The summed E-state index contributed by atoms with van der Waals surface area (Å²) in [5, 5.41) is 6.58. The number of hydrogen-bond acceptors (Lipinski definition) is 6. The summed E-state index contributed by atoms with van der Waals surface area (Å²) in [7, 11) is 0. The van der Waals surface area contributed by atoms with E-state index in [4.69, 9.17) is 10.5 Å². The highest BCUT2D eigenvalue weighted by Crippen LogP contribution is 2.24. The second-order valence-corrected chi connectivity index (χ2v) is 5.65. The molecule has 0 saturated carbocycles. The lowest BCUT2D eigenvalue weighted by molar-refractivity contribution is 0.0754. The molecular weight excluding hydrogens is 276 g/mol. The van der Waals surface area contributed by atoms with Gasteiger partial charge in [-0.05, 0) is 33.6 Å². The predicted octanol–water partition coefficient (Wildman–Crippen LogP) is 2.09. The highest BCUT2D eigenvalue weighted by Gasteiger charge is 2.15. The van der Waals surface area contributed by atoms with E-state index in [-0.39, 0.29) is 17.8 Å². The van der Waals surface area contributed by atoms with E-state index in [2.05, 4.69) is 15.6 Å². The molecule has 0 aliphatic rings. The number of hydrogen-bond donors (Lipinski definition) is 3. The topological polar surface area (TPSA) is 89.3 Å². The number of thiazole rings is 1. The average molecular weight is 300 g/mol. The van der Waals surface area contributed by atoms with Crippen LogP contribution in [-0.2, 0) is 4.74 Å². The summed E-state index contributed by atoms with van der Waals surface area (Å²) < 4.78 is 5.43. The van der Waals surface area contributed by atoms with E-state index in [0.717, 1.165) is 26.0 Å². The number of rotatable bonds is 9. The summed E-state index contributed by atoms with van der Waals surface area (Å²) in [6.07, 6.45) is 2.07. The number of nitrogens with zero attached hydrogens (tertiary/aromatic N) is 1. The zero-order valence-corrected chi connectivity index (χ0v) is 13.2. The lowest BCUT2D eigenvalue weighted by atomic mass is 10.3. The van der Waals surface area contributed by atoms with E-state index >= 15 is 0 Å². The van der Waals surface area contributed by atoms with Gasteiger partial charge in [0.05, 0.1) is 6.10 Å². The van der Waals surface area contributed by atoms with E-state index < -0.39 is 0 Å². The Hall–Kier alpha value is -1.34. The van der Waals surface area contributed by atoms with Crippen LogP contribution in [0.5, 0.6) is 0 Å². The van der Waals surface area contributed by atoms with Crippen LogP contribution < -0.4 is 16.4 Å². The third-order valence-electron chi connectivity index (χ3n) is 2.50. The van der Waals surface area contributed by atoms with E-state index in [0.29, 0.717) is 16.6 Å². The monoisotopic (exact) mass is 300 g/mol. The van der Waals surface area contributed by atoms with Crippen LogP contribution in [0.1, 0.15) is 43.3 Å². The lowest BCUT2D eigenvalue weighted by Crippen LogP contribution is -2.24. The lowest BCUT2D eigenvalue weighted by Gasteiger charge is -2.07. The molecule has 0 aliphatic heterocycles. The molecule has 0 fully saturated rings. The molecule has 0 saturated heterocycles. The van der Waals surface area contributed by atoms with E-state index in [1.165, 1.54) is 11.3 Å². The Bertz CT molecular complexity index is 421. The van der Waals surface area contributed by atoms with Crippen molar-refractivity contribution in [2.75, 3.05) is 30.7 Å². The van der Waals surface area contributed by atoms with Crippen molar-refractivity contribution in [3.63, 3.8) is 0 Å². The number of carbonyl (C=O) groups excluding carboxylic acids is 1. The quantitative estimate of drug-likeness (QED) is 0.608. The summed E-state index contributed by atoms with van der Waals surface area (Å²) >= 11 is 1.28. The molecule has 1 amide bonds. The molecule has 7 heteroatoms.